The third kappa shape index (κ3) is 3.73. The minimum Gasteiger partial charge on any atom is -0.381 e. The molecular weight excluding hydrogens is 377 g/mol. The predicted octanol–water partition coefficient (Wildman–Crippen LogP) is 2.81. The first-order valence-corrected chi connectivity index (χ1v) is 9.03. The zero-order valence-corrected chi connectivity index (χ0v) is 15.0. The standard InChI is InChI=1S/C18H19F3N4O3/c19-18(20,21)8-14(26)25-10-13(17(11-25)3-6-27-7-4-17)15-23-16(28-24-15)12-2-1-5-22-9-12/h1-2,5,9,13H,3-4,6-8,10-11H2. The van der Waals surface area contributed by atoms with Crippen LogP contribution in [-0.2, 0) is 9.53 Å². The number of carbonyl (C=O) groups is 1. The van der Waals surface area contributed by atoms with Crippen LogP contribution in [0.2, 0.25) is 0 Å². The van der Waals surface area contributed by atoms with Gasteiger partial charge in [-0.25, -0.2) is 0 Å². The average molecular weight is 396 g/mol. The van der Waals surface area contributed by atoms with Crippen LogP contribution in [0.3, 0.4) is 0 Å². The number of likely N-dealkylation sites (tertiary alicyclic amines) is 1. The Bertz CT molecular complexity index is 834. The van der Waals surface area contributed by atoms with Gasteiger partial charge in [-0.05, 0) is 25.0 Å². The van der Waals surface area contributed by atoms with Crippen LogP contribution in [-0.4, -0.2) is 58.4 Å². The number of amides is 1. The number of pyridine rings is 1. The van der Waals surface area contributed by atoms with Crippen LogP contribution in [0.25, 0.3) is 11.5 Å². The second-order valence-corrected chi connectivity index (χ2v) is 7.29. The molecule has 0 aliphatic carbocycles. The molecule has 4 rings (SSSR count). The topological polar surface area (TPSA) is 81.4 Å². The Balaban J connectivity index is 1.60. The van der Waals surface area contributed by atoms with Gasteiger partial charge in [-0.15, -0.1) is 0 Å². The van der Waals surface area contributed by atoms with Crippen molar-refractivity contribution in [2.75, 3.05) is 26.3 Å². The van der Waals surface area contributed by atoms with Gasteiger partial charge >= 0.3 is 6.18 Å². The van der Waals surface area contributed by atoms with E-state index >= 15 is 0 Å². The van der Waals surface area contributed by atoms with Gasteiger partial charge in [0.2, 0.25) is 5.91 Å². The van der Waals surface area contributed by atoms with E-state index in [1.807, 2.05) is 0 Å². The summed E-state index contributed by atoms with van der Waals surface area (Å²) >= 11 is 0. The molecule has 2 saturated heterocycles. The highest BCUT2D eigenvalue weighted by Crippen LogP contribution is 2.49. The molecule has 1 amide bonds. The lowest BCUT2D eigenvalue weighted by Gasteiger charge is -2.36. The summed E-state index contributed by atoms with van der Waals surface area (Å²) in [6.45, 7) is 1.36. The molecule has 2 aliphatic rings. The lowest BCUT2D eigenvalue weighted by atomic mass is 9.72. The van der Waals surface area contributed by atoms with Crippen LogP contribution < -0.4 is 0 Å². The summed E-state index contributed by atoms with van der Waals surface area (Å²) in [6, 6.07) is 3.52. The first kappa shape index (κ1) is 18.9. The normalized spacial score (nSPS) is 22.0. The molecule has 4 heterocycles. The molecule has 0 radical (unpaired) electrons. The molecule has 28 heavy (non-hydrogen) atoms. The summed E-state index contributed by atoms with van der Waals surface area (Å²) in [5, 5.41) is 4.08. The molecule has 0 saturated carbocycles. The van der Waals surface area contributed by atoms with Gasteiger partial charge < -0.3 is 14.2 Å². The van der Waals surface area contributed by atoms with Crippen LogP contribution in [0.1, 0.15) is 31.0 Å². The number of hydrogen-bond acceptors (Lipinski definition) is 6. The summed E-state index contributed by atoms with van der Waals surface area (Å²) in [6.07, 6.45) is -1.51. The molecule has 0 bridgehead atoms. The molecule has 150 valence electrons. The van der Waals surface area contributed by atoms with Gasteiger partial charge in [0, 0.05) is 50.0 Å². The lowest BCUT2D eigenvalue weighted by molar-refractivity contribution is -0.161. The van der Waals surface area contributed by atoms with E-state index in [0.717, 1.165) is 0 Å². The molecule has 0 N–H and O–H groups in total. The Labute approximate surface area is 158 Å². The van der Waals surface area contributed by atoms with Crippen LogP contribution in [0.4, 0.5) is 13.2 Å². The number of carbonyl (C=O) groups excluding carboxylic acids is 1. The molecule has 2 aromatic rings. The molecule has 1 unspecified atom stereocenters. The van der Waals surface area contributed by atoms with Gasteiger partial charge in [0.05, 0.1) is 5.56 Å². The minimum atomic E-state index is -4.53. The highest BCUT2D eigenvalue weighted by molar-refractivity contribution is 5.77. The maximum absolute atomic E-state index is 12.7. The third-order valence-corrected chi connectivity index (χ3v) is 5.50. The largest absolute Gasteiger partial charge is 0.397 e. The number of ether oxygens (including phenoxy) is 1. The second kappa shape index (κ2) is 7.16. The van der Waals surface area contributed by atoms with Gasteiger partial charge in [-0.3, -0.25) is 9.78 Å². The van der Waals surface area contributed by atoms with Crippen LogP contribution in [0.15, 0.2) is 29.0 Å². The first-order valence-electron chi connectivity index (χ1n) is 9.03. The lowest BCUT2D eigenvalue weighted by Crippen LogP contribution is -2.38. The Kier molecular flexibility index (Phi) is 4.82. The van der Waals surface area contributed by atoms with Crippen molar-refractivity contribution in [1.82, 2.24) is 20.0 Å². The highest BCUT2D eigenvalue weighted by atomic mass is 19.4. The number of halogens is 3. The van der Waals surface area contributed by atoms with Crippen molar-refractivity contribution in [3.05, 3.63) is 30.4 Å². The van der Waals surface area contributed by atoms with E-state index in [0.29, 0.717) is 43.3 Å². The number of hydrogen-bond donors (Lipinski definition) is 0. The number of alkyl halides is 3. The summed E-state index contributed by atoms with van der Waals surface area (Å²) in [5.41, 5.74) is 0.251. The fourth-order valence-electron chi connectivity index (χ4n) is 4.07. The summed E-state index contributed by atoms with van der Waals surface area (Å²) < 4.78 is 48.9. The van der Waals surface area contributed by atoms with Crippen molar-refractivity contribution >= 4 is 5.91 Å². The number of aromatic nitrogens is 3. The molecule has 10 heteroatoms. The highest BCUT2D eigenvalue weighted by Gasteiger charge is 2.52. The van der Waals surface area contributed by atoms with E-state index in [-0.39, 0.29) is 19.0 Å². The quantitative estimate of drug-likeness (QED) is 0.794. The summed E-state index contributed by atoms with van der Waals surface area (Å²) in [4.78, 5) is 22.0. The molecule has 2 fully saturated rings. The molecule has 2 aromatic heterocycles. The Morgan fingerprint density at radius 2 is 2.11 bits per heavy atom. The van der Waals surface area contributed by atoms with Gasteiger partial charge in [-0.2, -0.15) is 18.2 Å². The zero-order valence-electron chi connectivity index (χ0n) is 15.0. The summed E-state index contributed by atoms with van der Waals surface area (Å²) in [5.74, 6) is -0.520. The monoisotopic (exact) mass is 396 g/mol. The van der Waals surface area contributed by atoms with Gasteiger partial charge in [0.25, 0.3) is 5.89 Å². The molecule has 1 spiro atoms. The van der Waals surface area contributed by atoms with E-state index < -0.39 is 23.9 Å². The molecular formula is C18H19F3N4O3. The van der Waals surface area contributed by atoms with Crippen molar-refractivity contribution in [2.45, 2.75) is 31.4 Å². The fourth-order valence-corrected chi connectivity index (χ4v) is 4.07. The fraction of sp³-hybridized carbons (Fsp3) is 0.556. The second-order valence-electron chi connectivity index (χ2n) is 7.29. The molecule has 1 atom stereocenters. The third-order valence-electron chi connectivity index (χ3n) is 5.50. The van der Waals surface area contributed by atoms with Crippen molar-refractivity contribution < 1.29 is 27.2 Å². The Hall–Kier alpha value is -2.49. The maximum atomic E-state index is 12.7. The van der Waals surface area contributed by atoms with E-state index in [2.05, 4.69) is 15.1 Å². The van der Waals surface area contributed by atoms with Gasteiger partial charge in [0.1, 0.15) is 6.42 Å². The van der Waals surface area contributed by atoms with Crippen LogP contribution >= 0.6 is 0 Å². The number of nitrogens with zero attached hydrogens (tertiary/aromatic N) is 4. The van der Waals surface area contributed by atoms with E-state index in [4.69, 9.17) is 9.26 Å². The average Bonchev–Trinajstić information content (AvgIpc) is 3.27. The molecule has 0 aromatic carbocycles. The van der Waals surface area contributed by atoms with Crippen LogP contribution in [0, 0.1) is 5.41 Å². The summed E-state index contributed by atoms with van der Waals surface area (Å²) in [7, 11) is 0. The Morgan fingerprint density at radius 3 is 2.79 bits per heavy atom. The first-order chi connectivity index (χ1) is 13.4. The Morgan fingerprint density at radius 1 is 1.32 bits per heavy atom. The van der Waals surface area contributed by atoms with Crippen molar-refractivity contribution in [1.29, 1.82) is 0 Å². The van der Waals surface area contributed by atoms with Crippen LogP contribution in [0.5, 0.6) is 0 Å². The zero-order chi connectivity index (χ0) is 19.8. The molecule has 7 nitrogen and oxygen atoms in total. The maximum Gasteiger partial charge on any atom is 0.397 e. The molecule has 2 aliphatic heterocycles. The SMILES string of the molecule is O=C(CC(F)(F)F)N1CC(c2noc(-c3cccnc3)n2)C2(CCOCC2)C1. The van der Waals surface area contributed by atoms with Crippen molar-refractivity contribution in [3.63, 3.8) is 0 Å². The smallest absolute Gasteiger partial charge is 0.381 e. The van der Waals surface area contributed by atoms with Gasteiger partial charge in [-0.1, -0.05) is 5.16 Å². The minimum absolute atomic E-state index is 0.140. The predicted molar refractivity (Wildman–Crippen MR) is 90.0 cm³/mol. The van der Waals surface area contributed by atoms with Crippen molar-refractivity contribution in [2.24, 2.45) is 5.41 Å². The van der Waals surface area contributed by atoms with Crippen molar-refractivity contribution in [3.8, 4) is 11.5 Å². The number of rotatable bonds is 3. The van der Waals surface area contributed by atoms with E-state index in [1.54, 1.807) is 24.5 Å². The van der Waals surface area contributed by atoms with E-state index in [1.165, 1.54) is 4.90 Å². The van der Waals surface area contributed by atoms with E-state index in [9.17, 15) is 18.0 Å². The van der Waals surface area contributed by atoms with Gasteiger partial charge in [0.15, 0.2) is 5.82 Å².